The third-order valence-corrected chi connectivity index (χ3v) is 4.13. The summed E-state index contributed by atoms with van der Waals surface area (Å²) in [4.78, 5) is 11.9. The number of rotatable bonds is 4. The van der Waals surface area contributed by atoms with Crippen LogP contribution in [-0.4, -0.2) is 45.5 Å². The van der Waals surface area contributed by atoms with Crippen molar-refractivity contribution in [2.45, 2.75) is 36.6 Å². The largest absolute Gasteiger partial charge is 0.460 e. The second-order valence-electron chi connectivity index (χ2n) is 5.73. The molecule has 1 aromatic carbocycles. The van der Waals surface area contributed by atoms with Crippen molar-refractivity contribution in [3.05, 3.63) is 34.9 Å². The minimum absolute atomic E-state index is 0.0683. The zero-order valence-electron chi connectivity index (χ0n) is 13.4. The molecule has 0 bridgehead atoms. The number of hydrogen-bond acceptors (Lipinski definition) is 4. The van der Waals surface area contributed by atoms with Crippen LogP contribution in [0.25, 0.3) is 0 Å². The highest BCUT2D eigenvalue weighted by atomic mass is 35.5. The van der Waals surface area contributed by atoms with E-state index in [1.165, 1.54) is 30.3 Å². The summed E-state index contributed by atoms with van der Waals surface area (Å²) < 4.78 is 93.2. The normalized spacial score (nSPS) is 20.7. The minimum atomic E-state index is -6.74. The lowest BCUT2D eigenvalue weighted by Crippen LogP contribution is -2.69. The number of nitrogens with zero attached hydrogens (tertiary/aromatic N) is 3. The van der Waals surface area contributed by atoms with Crippen LogP contribution in [-0.2, 0) is 4.79 Å². The third kappa shape index (κ3) is 3.29. The summed E-state index contributed by atoms with van der Waals surface area (Å²) in [6, 6.07) is 6.03. The van der Waals surface area contributed by atoms with E-state index < -0.39 is 53.2 Å². The van der Waals surface area contributed by atoms with Gasteiger partial charge in [-0.05, 0) is 17.7 Å². The van der Waals surface area contributed by atoms with Gasteiger partial charge in [0.1, 0.15) is 6.42 Å². The first-order valence-electron chi connectivity index (χ1n) is 7.27. The van der Waals surface area contributed by atoms with Gasteiger partial charge in [-0.1, -0.05) is 23.7 Å². The number of carbonyl (C=O) groups is 1. The number of halogens is 8. The maximum Gasteiger partial charge on any atom is 0.460 e. The lowest BCUT2D eigenvalue weighted by atomic mass is 9.91. The number of benzene rings is 1. The topological polar surface area (TPSA) is 76.7 Å². The van der Waals surface area contributed by atoms with Gasteiger partial charge in [0, 0.05) is 11.4 Å². The molecule has 1 aliphatic heterocycles. The first kappa shape index (κ1) is 21.9. The van der Waals surface area contributed by atoms with E-state index in [-0.39, 0.29) is 10.6 Å². The predicted molar refractivity (Wildman–Crippen MR) is 80.6 cm³/mol. The molecule has 0 fully saturated rings. The molecule has 0 saturated carbocycles. The van der Waals surface area contributed by atoms with Gasteiger partial charge in [0.2, 0.25) is 5.72 Å². The summed E-state index contributed by atoms with van der Waals surface area (Å²) in [5, 5.41) is 21.6. The Morgan fingerprint density at radius 3 is 2.21 bits per heavy atom. The Labute approximate surface area is 157 Å². The summed E-state index contributed by atoms with van der Waals surface area (Å²) in [6.45, 7) is 0. The van der Waals surface area contributed by atoms with E-state index in [2.05, 4.69) is 5.10 Å². The maximum atomic E-state index is 14.3. The van der Waals surface area contributed by atoms with Crippen molar-refractivity contribution in [3.8, 4) is 6.07 Å². The van der Waals surface area contributed by atoms with Gasteiger partial charge in [-0.25, -0.2) is 0 Å². The standard InChI is InChI=1S/C15H9ClF7N3O2/c16-9-3-1-8(2-4-9)10-7-12(28,26(25-10)11(27)5-6-24)13(17,18)14(19,20)15(21,22)23/h1-4,28H,5,7H2/t12-/m1/s1. The predicted octanol–water partition coefficient (Wildman–Crippen LogP) is 3.71. The Hall–Kier alpha value is -2.39. The maximum absolute atomic E-state index is 14.3. The van der Waals surface area contributed by atoms with Crippen LogP contribution >= 0.6 is 11.6 Å². The molecule has 5 nitrogen and oxygen atoms in total. The number of amides is 1. The first-order chi connectivity index (χ1) is 12.7. The van der Waals surface area contributed by atoms with E-state index in [0.29, 0.717) is 0 Å². The van der Waals surface area contributed by atoms with Crippen molar-refractivity contribution in [2.24, 2.45) is 5.10 Å². The zero-order valence-corrected chi connectivity index (χ0v) is 14.2. The molecule has 1 N–H and O–H groups in total. The van der Waals surface area contributed by atoms with Crippen LogP contribution in [0.2, 0.25) is 5.02 Å². The first-order valence-corrected chi connectivity index (χ1v) is 7.65. The van der Waals surface area contributed by atoms with Crippen molar-refractivity contribution in [1.29, 1.82) is 5.26 Å². The molecule has 1 heterocycles. The molecule has 152 valence electrons. The number of aliphatic hydroxyl groups is 1. The second kappa shape index (κ2) is 6.89. The highest BCUT2D eigenvalue weighted by Gasteiger charge is 2.82. The van der Waals surface area contributed by atoms with Gasteiger partial charge < -0.3 is 5.11 Å². The van der Waals surface area contributed by atoms with E-state index in [1.807, 2.05) is 0 Å². The molecular weight excluding hydrogens is 423 g/mol. The summed E-state index contributed by atoms with van der Waals surface area (Å²) in [7, 11) is 0. The summed E-state index contributed by atoms with van der Waals surface area (Å²) >= 11 is 5.64. The van der Waals surface area contributed by atoms with Crippen molar-refractivity contribution in [1.82, 2.24) is 5.01 Å². The Kier molecular flexibility index (Phi) is 5.39. The Morgan fingerprint density at radius 2 is 1.75 bits per heavy atom. The van der Waals surface area contributed by atoms with Gasteiger partial charge >= 0.3 is 18.0 Å². The third-order valence-electron chi connectivity index (χ3n) is 3.88. The van der Waals surface area contributed by atoms with Crippen LogP contribution < -0.4 is 0 Å². The highest BCUT2D eigenvalue weighted by Crippen LogP contribution is 2.54. The van der Waals surface area contributed by atoms with Gasteiger partial charge in [0.25, 0.3) is 5.91 Å². The average Bonchev–Trinajstić information content (AvgIpc) is 2.94. The summed E-state index contributed by atoms with van der Waals surface area (Å²) in [6.07, 6.45) is -9.49. The quantitative estimate of drug-likeness (QED) is 0.738. The van der Waals surface area contributed by atoms with Gasteiger partial charge in [-0.2, -0.15) is 46.1 Å². The molecule has 0 unspecified atom stereocenters. The number of carbonyl (C=O) groups excluding carboxylic acids is 1. The summed E-state index contributed by atoms with van der Waals surface area (Å²) in [5.41, 5.74) is -5.01. The SMILES string of the molecule is N#CCC(=O)N1N=C(c2ccc(Cl)cc2)C[C@@]1(O)C(F)(F)C(F)(F)C(F)(F)F. The fourth-order valence-corrected chi connectivity index (χ4v) is 2.55. The summed E-state index contributed by atoms with van der Waals surface area (Å²) in [5.74, 6) is -14.6. The highest BCUT2D eigenvalue weighted by molar-refractivity contribution is 6.30. The van der Waals surface area contributed by atoms with Crippen LogP contribution in [0.15, 0.2) is 29.4 Å². The number of nitriles is 1. The molecule has 1 aromatic rings. The van der Waals surface area contributed by atoms with Gasteiger partial charge in [0.15, 0.2) is 0 Å². The molecule has 1 amide bonds. The molecule has 2 rings (SSSR count). The monoisotopic (exact) mass is 431 g/mol. The minimum Gasteiger partial charge on any atom is -0.364 e. The molecular formula is C15H9ClF7N3O2. The number of alkyl halides is 7. The van der Waals surface area contributed by atoms with Crippen molar-refractivity contribution in [2.75, 3.05) is 0 Å². The van der Waals surface area contributed by atoms with E-state index in [0.717, 1.165) is 0 Å². The fraction of sp³-hybridized carbons (Fsp3) is 0.400. The van der Waals surface area contributed by atoms with Crippen LogP contribution in [0.3, 0.4) is 0 Å². The fourth-order valence-electron chi connectivity index (χ4n) is 2.43. The molecule has 1 aliphatic rings. The average molecular weight is 432 g/mol. The van der Waals surface area contributed by atoms with Crippen LogP contribution in [0.4, 0.5) is 30.7 Å². The van der Waals surface area contributed by atoms with Gasteiger partial charge in [-0.15, -0.1) is 0 Å². The Morgan fingerprint density at radius 1 is 1.21 bits per heavy atom. The van der Waals surface area contributed by atoms with Gasteiger partial charge in [0.05, 0.1) is 11.8 Å². The lowest BCUT2D eigenvalue weighted by molar-refractivity contribution is -0.401. The lowest BCUT2D eigenvalue weighted by Gasteiger charge is -2.41. The van der Waals surface area contributed by atoms with Crippen LogP contribution in [0, 0.1) is 11.3 Å². The van der Waals surface area contributed by atoms with Crippen LogP contribution in [0.5, 0.6) is 0 Å². The number of hydrazone groups is 1. The van der Waals surface area contributed by atoms with Gasteiger partial charge in [-0.3, -0.25) is 4.79 Å². The van der Waals surface area contributed by atoms with E-state index in [1.54, 1.807) is 0 Å². The molecule has 0 saturated heterocycles. The van der Waals surface area contributed by atoms with E-state index in [4.69, 9.17) is 16.9 Å². The Balaban J connectivity index is 2.59. The molecule has 13 heteroatoms. The zero-order chi connectivity index (χ0) is 21.5. The van der Waals surface area contributed by atoms with E-state index in [9.17, 15) is 40.6 Å². The van der Waals surface area contributed by atoms with Crippen molar-refractivity contribution < 1.29 is 40.6 Å². The molecule has 0 spiro atoms. The molecule has 28 heavy (non-hydrogen) atoms. The molecule has 0 radical (unpaired) electrons. The molecule has 0 aromatic heterocycles. The second-order valence-corrected chi connectivity index (χ2v) is 6.17. The molecule has 0 aliphatic carbocycles. The van der Waals surface area contributed by atoms with E-state index >= 15 is 0 Å². The smallest absolute Gasteiger partial charge is 0.364 e. The Bertz CT molecular complexity index is 849. The van der Waals surface area contributed by atoms with Crippen molar-refractivity contribution in [3.63, 3.8) is 0 Å². The molecule has 1 atom stereocenters. The van der Waals surface area contributed by atoms with Crippen molar-refractivity contribution >= 4 is 23.2 Å². The number of hydrogen-bond donors (Lipinski definition) is 1. The van der Waals surface area contributed by atoms with Crippen LogP contribution in [0.1, 0.15) is 18.4 Å².